The molecule has 0 amide bonds. The van der Waals surface area contributed by atoms with E-state index in [1.807, 2.05) is 0 Å². The Morgan fingerprint density at radius 3 is 2.62 bits per heavy atom. The molecule has 0 unspecified atom stereocenters. The molecule has 0 spiro atoms. The molecule has 0 N–H and O–H groups in total. The van der Waals surface area contributed by atoms with E-state index in [0.29, 0.717) is 5.69 Å². The Bertz CT molecular complexity index is 341. The predicted molar refractivity (Wildman–Crippen MR) is 44.3 cm³/mol. The van der Waals surface area contributed by atoms with Crippen LogP contribution in [0.25, 0.3) is 0 Å². The van der Waals surface area contributed by atoms with Crippen molar-refractivity contribution in [2.45, 2.75) is 13.3 Å². The minimum Gasteiger partial charge on any atom is -0.288 e. The first-order valence-corrected chi connectivity index (χ1v) is 3.85. The van der Waals surface area contributed by atoms with E-state index in [2.05, 4.69) is 4.98 Å². The van der Waals surface area contributed by atoms with E-state index in [1.54, 1.807) is 6.92 Å². The minimum atomic E-state index is -3.04. The first-order chi connectivity index (χ1) is 6.02. The van der Waals surface area contributed by atoms with Gasteiger partial charge in [-0.15, -0.1) is 0 Å². The van der Waals surface area contributed by atoms with E-state index in [0.717, 1.165) is 0 Å². The molecule has 13 heavy (non-hydrogen) atoms. The topological polar surface area (TPSA) is 30.0 Å². The Labute approximate surface area is 78.5 Å². The summed E-state index contributed by atoms with van der Waals surface area (Å²) in [5.41, 5.74) is 0.345. The fraction of sp³-hybridized carbons (Fsp3) is 0.250. The predicted octanol–water partition coefficient (Wildman–Crippen LogP) is 2.49. The molecule has 0 saturated heterocycles. The smallest absolute Gasteiger partial charge is 0.288 e. The van der Waals surface area contributed by atoms with Crippen LogP contribution in [0.3, 0.4) is 0 Å². The van der Waals surface area contributed by atoms with Crippen molar-refractivity contribution < 1.29 is 13.6 Å². The van der Waals surface area contributed by atoms with Gasteiger partial charge in [0.05, 0.1) is 5.56 Å². The number of alkyl halides is 2. The third kappa shape index (κ3) is 2.21. The summed E-state index contributed by atoms with van der Waals surface area (Å²) in [4.78, 5) is 14.5. The van der Waals surface area contributed by atoms with Crippen LogP contribution in [0.15, 0.2) is 12.1 Å². The van der Waals surface area contributed by atoms with Gasteiger partial charge in [0.1, 0.15) is 5.15 Å². The van der Waals surface area contributed by atoms with Gasteiger partial charge in [0, 0.05) is 5.69 Å². The number of hydrogen-bond donors (Lipinski definition) is 0. The zero-order chi connectivity index (χ0) is 10.0. The molecule has 1 aromatic rings. The van der Waals surface area contributed by atoms with Crippen molar-refractivity contribution >= 4 is 17.4 Å². The number of halogens is 3. The molecule has 0 saturated carbocycles. The van der Waals surface area contributed by atoms with Gasteiger partial charge in [-0.05, 0) is 19.1 Å². The molecule has 1 heterocycles. The van der Waals surface area contributed by atoms with Crippen molar-refractivity contribution in [2.75, 3.05) is 0 Å². The first-order valence-electron chi connectivity index (χ1n) is 3.48. The Morgan fingerprint density at radius 1 is 1.54 bits per heavy atom. The van der Waals surface area contributed by atoms with Crippen LogP contribution in [0, 0.1) is 6.92 Å². The third-order valence-electron chi connectivity index (χ3n) is 1.45. The number of pyridine rings is 1. The summed E-state index contributed by atoms with van der Waals surface area (Å²) in [6, 6.07) is 2.71. The number of ketones is 1. The number of aryl methyl sites for hydroxylation is 1. The normalized spacial score (nSPS) is 10.5. The maximum absolute atomic E-state index is 12.0. The summed E-state index contributed by atoms with van der Waals surface area (Å²) >= 11 is 5.50. The van der Waals surface area contributed by atoms with Crippen LogP contribution in [-0.2, 0) is 0 Å². The highest BCUT2D eigenvalue weighted by Crippen LogP contribution is 2.16. The summed E-state index contributed by atoms with van der Waals surface area (Å²) < 4.78 is 23.9. The van der Waals surface area contributed by atoms with Gasteiger partial charge in [0.2, 0.25) is 5.78 Å². The van der Waals surface area contributed by atoms with Crippen LogP contribution in [0.1, 0.15) is 16.1 Å². The lowest BCUT2D eigenvalue weighted by Gasteiger charge is -2.01. The van der Waals surface area contributed by atoms with Crippen LogP contribution in [-0.4, -0.2) is 17.2 Å². The van der Waals surface area contributed by atoms with E-state index in [1.165, 1.54) is 12.1 Å². The van der Waals surface area contributed by atoms with Gasteiger partial charge in [0.15, 0.2) is 0 Å². The molecule has 1 rings (SSSR count). The number of carbonyl (C=O) groups is 1. The molecule has 0 bridgehead atoms. The second-order valence-electron chi connectivity index (χ2n) is 2.46. The summed E-state index contributed by atoms with van der Waals surface area (Å²) in [5, 5.41) is -0.176. The average molecular weight is 206 g/mol. The molecular formula is C8H6ClF2NO. The lowest BCUT2D eigenvalue weighted by atomic mass is 10.2. The third-order valence-corrected chi connectivity index (χ3v) is 1.74. The maximum atomic E-state index is 12.0. The van der Waals surface area contributed by atoms with E-state index in [4.69, 9.17) is 11.6 Å². The van der Waals surface area contributed by atoms with Gasteiger partial charge in [-0.3, -0.25) is 4.79 Å². The molecule has 2 nitrogen and oxygen atoms in total. The fourth-order valence-electron chi connectivity index (χ4n) is 0.826. The van der Waals surface area contributed by atoms with Gasteiger partial charge in [0.25, 0.3) is 0 Å². The Morgan fingerprint density at radius 2 is 2.15 bits per heavy atom. The molecular weight excluding hydrogens is 200 g/mol. The van der Waals surface area contributed by atoms with Gasteiger partial charge in [-0.25, -0.2) is 13.8 Å². The van der Waals surface area contributed by atoms with Crippen LogP contribution >= 0.6 is 11.6 Å². The van der Waals surface area contributed by atoms with Crippen LogP contribution in [0.2, 0.25) is 5.15 Å². The number of nitrogens with zero attached hydrogens (tertiary/aromatic N) is 1. The molecule has 1 aromatic heterocycles. The van der Waals surface area contributed by atoms with Crippen molar-refractivity contribution in [1.29, 1.82) is 0 Å². The van der Waals surface area contributed by atoms with Crippen molar-refractivity contribution in [1.82, 2.24) is 4.98 Å². The quantitative estimate of drug-likeness (QED) is 0.549. The molecule has 0 radical (unpaired) electrons. The zero-order valence-electron chi connectivity index (χ0n) is 6.72. The summed E-state index contributed by atoms with van der Waals surface area (Å²) in [6.45, 7) is 1.66. The van der Waals surface area contributed by atoms with Gasteiger partial charge >= 0.3 is 6.43 Å². The van der Waals surface area contributed by atoms with Crippen molar-refractivity contribution in [2.24, 2.45) is 0 Å². The molecule has 0 aromatic carbocycles. The monoisotopic (exact) mass is 205 g/mol. The molecule has 70 valence electrons. The van der Waals surface area contributed by atoms with Crippen LogP contribution < -0.4 is 0 Å². The molecule has 0 aliphatic rings. The number of aromatic nitrogens is 1. The highest BCUT2D eigenvalue weighted by atomic mass is 35.5. The summed E-state index contributed by atoms with van der Waals surface area (Å²) in [7, 11) is 0. The second-order valence-corrected chi connectivity index (χ2v) is 2.81. The first kappa shape index (κ1) is 10.1. The SMILES string of the molecule is Cc1ccc(C(=O)C(F)F)c(Cl)n1. The second kappa shape index (κ2) is 3.79. The summed E-state index contributed by atoms with van der Waals surface area (Å²) in [5.74, 6) is -1.29. The van der Waals surface area contributed by atoms with Crippen molar-refractivity contribution in [3.63, 3.8) is 0 Å². The minimum absolute atomic E-state index is 0.176. The number of Topliss-reactive ketones (excluding diaryl/α,β-unsaturated/α-hetero) is 1. The summed E-state index contributed by atoms with van der Waals surface area (Å²) in [6.07, 6.45) is -3.04. The van der Waals surface area contributed by atoms with E-state index >= 15 is 0 Å². The lowest BCUT2D eigenvalue weighted by Crippen LogP contribution is -2.11. The molecule has 0 aliphatic heterocycles. The lowest BCUT2D eigenvalue weighted by molar-refractivity contribution is 0.0678. The number of rotatable bonds is 2. The molecule has 0 atom stereocenters. The number of carbonyl (C=O) groups excluding carboxylic acids is 1. The Hall–Kier alpha value is -1.03. The highest BCUT2D eigenvalue weighted by molar-refractivity contribution is 6.32. The fourth-order valence-corrected chi connectivity index (χ4v) is 1.12. The maximum Gasteiger partial charge on any atom is 0.300 e. The number of hydrogen-bond acceptors (Lipinski definition) is 2. The molecule has 0 aliphatic carbocycles. The van der Waals surface area contributed by atoms with Gasteiger partial charge in [-0.2, -0.15) is 0 Å². The molecule has 0 fully saturated rings. The van der Waals surface area contributed by atoms with E-state index < -0.39 is 12.2 Å². The Kier molecular flexibility index (Phi) is 2.93. The van der Waals surface area contributed by atoms with Gasteiger partial charge < -0.3 is 0 Å². The largest absolute Gasteiger partial charge is 0.300 e. The zero-order valence-corrected chi connectivity index (χ0v) is 7.48. The van der Waals surface area contributed by atoms with E-state index in [-0.39, 0.29) is 10.7 Å². The van der Waals surface area contributed by atoms with Gasteiger partial charge in [-0.1, -0.05) is 11.6 Å². The standard InChI is InChI=1S/C8H6ClF2NO/c1-4-2-3-5(7(9)12-4)6(13)8(10)11/h2-3,8H,1H3. The average Bonchev–Trinajstić information content (AvgIpc) is 2.03. The van der Waals surface area contributed by atoms with Crippen molar-refractivity contribution in [3.8, 4) is 0 Å². The Balaban J connectivity index is 3.09. The molecule has 5 heteroatoms. The highest BCUT2D eigenvalue weighted by Gasteiger charge is 2.20. The van der Waals surface area contributed by atoms with Crippen LogP contribution in [0.4, 0.5) is 8.78 Å². The van der Waals surface area contributed by atoms with Crippen molar-refractivity contribution in [3.05, 3.63) is 28.5 Å². The van der Waals surface area contributed by atoms with Crippen LogP contribution in [0.5, 0.6) is 0 Å². The van der Waals surface area contributed by atoms with E-state index in [9.17, 15) is 13.6 Å².